The van der Waals surface area contributed by atoms with Gasteiger partial charge in [-0.2, -0.15) is 0 Å². The minimum atomic E-state index is -2.64. The smallest absolute Gasteiger partial charge is 0.566 e. The van der Waals surface area contributed by atoms with Crippen LogP contribution in [0.15, 0.2) is 0 Å². The zero-order valence-corrected chi connectivity index (χ0v) is 8.14. The van der Waals surface area contributed by atoms with E-state index in [0.29, 0.717) is 0 Å². The van der Waals surface area contributed by atoms with Crippen molar-refractivity contribution in [2.45, 2.75) is 20.0 Å². The van der Waals surface area contributed by atoms with Crippen LogP contribution in [-0.4, -0.2) is 6.10 Å². The molecule has 0 saturated carbocycles. The first kappa shape index (κ1) is 11.8. The third-order valence-electron chi connectivity index (χ3n) is 0.297. The van der Waals surface area contributed by atoms with Gasteiger partial charge in [0.25, 0.3) is 0 Å². The Morgan fingerprint density at radius 2 is 2.00 bits per heavy atom. The third kappa shape index (κ3) is 10.1. The van der Waals surface area contributed by atoms with Crippen LogP contribution >= 0.6 is 8.25 Å². The molecule has 1 unspecified atom stereocenters. The van der Waals surface area contributed by atoms with Crippen LogP contribution in [0.5, 0.6) is 0 Å². The van der Waals surface area contributed by atoms with Crippen molar-refractivity contribution in [1.29, 1.82) is 0 Å². The maximum atomic E-state index is 9.62. The second-order valence-electron chi connectivity index (χ2n) is 1.38. The van der Waals surface area contributed by atoms with Gasteiger partial charge in [0, 0.05) is 0 Å². The molecule has 0 heterocycles. The van der Waals surface area contributed by atoms with Crippen molar-refractivity contribution in [3.8, 4) is 0 Å². The van der Waals surface area contributed by atoms with Gasteiger partial charge in [-0.15, -0.1) is 4.52 Å². The standard InChI is InChI=1S/C3H7O3P.Na/c1-3(2)6-7(4)5;/h3H,1-2H3;/q;+1. The summed E-state index contributed by atoms with van der Waals surface area (Å²) in [6.07, 6.45) is -0.221. The Bertz CT molecular complexity index is 74.9. The molecule has 0 aliphatic heterocycles. The van der Waals surface area contributed by atoms with E-state index < -0.39 is 8.25 Å². The van der Waals surface area contributed by atoms with E-state index >= 15 is 0 Å². The van der Waals surface area contributed by atoms with Crippen LogP contribution in [0.25, 0.3) is 0 Å². The van der Waals surface area contributed by atoms with Gasteiger partial charge in [-0.1, -0.05) is 0 Å². The molecule has 0 aliphatic carbocycles. The number of hydrogen-bond acceptors (Lipinski definition) is 3. The molecule has 0 saturated heterocycles. The Morgan fingerprint density at radius 1 is 1.62 bits per heavy atom. The van der Waals surface area contributed by atoms with Gasteiger partial charge in [-0.05, 0) is 18.4 Å². The van der Waals surface area contributed by atoms with E-state index in [9.17, 15) is 9.46 Å². The Hall–Kier alpha value is 1.02. The fraction of sp³-hybridized carbons (Fsp3) is 1.00. The normalized spacial score (nSPS) is 10.8. The van der Waals surface area contributed by atoms with Crippen molar-refractivity contribution in [3.63, 3.8) is 0 Å². The molecular weight excluding hydrogens is 138 g/mol. The first-order chi connectivity index (χ1) is 3.13. The summed E-state index contributed by atoms with van der Waals surface area (Å²) in [5.74, 6) is 0. The maximum absolute atomic E-state index is 9.62. The van der Waals surface area contributed by atoms with Gasteiger partial charge < -0.3 is 4.89 Å². The van der Waals surface area contributed by atoms with Gasteiger partial charge in [0.1, 0.15) is 6.10 Å². The molecule has 42 valence electrons. The quantitative estimate of drug-likeness (QED) is 0.317. The summed E-state index contributed by atoms with van der Waals surface area (Å²) in [7, 11) is -2.64. The van der Waals surface area contributed by atoms with Gasteiger partial charge in [0.2, 0.25) is 0 Å². The second-order valence-corrected chi connectivity index (χ2v) is 2.04. The van der Waals surface area contributed by atoms with Crippen LogP contribution < -0.4 is 34.5 Å². The monoisotopic (exact) mass is 145 g/mol. The molecule has 3 nitrogen and oxygen atoms in total. The summed E-state index contributed by atoms with van der Waals surface area (Å²) in [5, 5.41) is 0. The van der Waals surface area contributed by atoms with E-state index in [1.807, 2.05) is 0 Å². The molecule has 0 bridgehead atoms. The first-order valence-corrected chi connectivity index (χ1v) is 3.03. The fourth-order valence-corrected chi connectivity index (χ4v) is 0.516. The molecule has 0 fully saturated rings. The van der Waals surface area contributed by atoms with Gasteiger partial charge in [0.05, 0.1) is 0 Å². The van der Waals surface area contributed by atoms with Crippen molar-refractivity contribution in [2.75, 3.05) is 0 Å². The molecule has 0 aromatic heterocycles. The summed E-state index contributed by atoms with van der Waals surface area (Å²) < 4.78 is 13.8. The van der Waals surface area contributed by atoms with Crippen molar-refractivity contribution in [3.05, 3.63) is 0 Å². The predicted molar refractivity (Wildman–Crippen MR) is 23.8 cm³/mol. The van der Waals surface area contributed by atoms with E-state index in [4.69, 9.17) is 0 Å². The third-order valence-corrected chi connectivity index (χ3v) is 0.891. The van der Waals surface area contributed by atoms with Crippen LogP contribution in [0.1, 0.15) is 13.8 Å². The summed E-state index contributed by atoms with van der Waals surface area (Å²) in [4.78, 5) is 9.62. The average molecular weight is 145 g/mol. The summed E-state index contributed by atoms with van der Waals surface area (Å²) >= 11 is 0. The summed E-state index contributed by atoms with van der Waals surface area (Å²) in [6, 6.07) is 0. The summed E-state index contributed by atoms with van der Waals surface area (Å²) in [5.41, 5.74) is 0. The van der Waals surface area contributed by atoms with Crippen LogP contribution in [0.3, 0.4) is 0 Å². The number of rotatable bonds is 2. The van der Waals surface area contributed by atoms with Crippen LogP contribution in [-0.2, 0) is 9.09 Å². The molecule has 0 aliphatic rings. The van der Waals surface area contributed by atoms with E-state index in [0.717, 1.165) is 0 Å². The van der Waals surface area contributed by atoms with Crippen LogP contribution in [0.2, 0.25) is 0 Å². The topological polar surface area (TPSA) is 49.4 Å². The van der Waals surface area contributed by atoms with Crippen molar-refractivity contribution < 1.29 is 43.5 Å². The Balaban J connectivity index is 0. The van der Waals surface area contributed by atoms with Gasteiger partial charge >= 0.3 is 37.8 Å². The van der Waals surface area contributed by atoms with E-state index in [-0.39, 0.29) is 35.7 Å². The van der Waals surface area contributed by atoms with Gasteiger partial charge in [0.15, 0.2) is 0 Å². The zero-order valence-electron chi connectivity index (χ0n) is 5.25. The summed E-state index contributed by atoms with van der Waals surface area (Å²) in [6.45, 7) is 3.32. The largest absolute Gasteiger partial charge is 1.00 e. The number of hydrogen-bond donors (Lipinski definition) is 0. The predicted octanol–water partition coefficient (Wildman–Crippen LogP) is -2.57. The molecule has 0 aromatic rings. The Morgan fingerprint density at radius 3 is 2.00 bits per heavy atom. The zero-order chi connectivity index (χ0) is 5.86. The first-order valence-electron chi connectivity index (χ1n) is 1.94. The van der Waals surface area contributed by atoms with Crippen molar-refractivity contribution >= 4 is 8.25 Å². The maximum Gasteiger partial charge on any atom is 1.00 e. The van der Waals surface area contributed by atoms with Gasteiger partial charge in [-0.3, -0.25) is 0 Å². The molecule has 0 rings (SSSR count). The van der Waals surface area contributed by atoms with Crippen molar-refractivity contribution in [1.82, 2.24) is 0 Å². The molecule has 0 amide bonds. The molecular formula is C3H7NaO3P+. The molecule has 5 heteroatoms. The molecule has 1 atom stereocenters. The minimum absolute atomic E-state index is 0. The van der Waals surface area contributed by atoms with Crippen molar-refractivity contribution in [2.24, 2.45) is 0 Å². The second kappa shape index (κ2) is 6.14. The van der Waals surface area contributed by atoms with Gasteiger partial charge in [-0.25, -0.2) is 0 Å². The average Bonchev–Trinajstić information content (AvgIpc) is 1.27. The molecule has 0 spiro atoms. The van der Waals surface area contributed by atoms with E-state index in [1.54, 1.807) is 13.8 Å². The fourth-order valence-electron chi connectivity index (χ4n) is 0.172. The van der Waals surface area contributed by atoms with E-state index in [1.165, 1.54) is 0 Å². The SMILES string of the molecule is CC(C)O[P+](=O)[O-].[Na+]. The van der Waals surface area contributed by atoms with Crippen LogP contribution in [0, 0.1) is 0 Å². The molecule has 0 N–H and O–H groups in total. The molecule has 8 heavy (non-hydrogen) atoms. The Labute approximate surface area is 71.7 Å². The minimum Gasteiger partial charge on any atom is -0.566 e. The van der Waals surface area contributed by atoms with Crippen LogP contribution in [0.4, 0.5) is 0 Å². The Kier molecular flexibility index (Phi) is 9.04. The van der Waals surface area contributed by atoms with E-state index in [2.05, 4.69) is 4.52 Å². The molecule has 0 aromatic carbocycles. The molecule has 0 radical (unpaired) electrons.